The second-order valence-corrected chi connectivity index (χ2v) is 8.95. The van der Waals surface area contributed by atoms with Gasteiger partial charge < -0.3 is 4.42 Å². The van der Waals surface area contributed by atoms with E-state index in [-0.39, 0.29) is 17.7 Å². The zero-order valence-corrected chi connectivity index (χ0v) is 17.4. The standard InChI is InChI=1S/C22H21N3O4S/c1-15-7-3-4-10-18(15)20-14-19(23-25(20)22(26)21-11-6-12-29-21)16-8-5-9-17(13-16)24-30(2,27)28/h3-13,20,24H,14H2,1-2H3/t20-/m1/s1. The molecule has 0 bridgehead atoms. The molecule has 154 valence electrons. The van der Waals surface area contributed by atoms with Crippen LogP contribution in [0.5, 0.6) is 0 Å². The van der Waals surface area contributed by atoms with Crippen molar-refractivity contribution in [2.75, 3.05) is 11.0 Å². The molecule has 1 amide bonds. The van der Waals surface area contributed by atoms with Crippen molar-refractivity contribution in [3.63, 3.8) is 0 Å². The largest absolute Gasteiger partial charge is 0.459 e. The Morgan fingerprint density at radius 2 is 1.93 bits per heavy atom. The van der Waals surface area contributed by atoms with Gasteiger partial charge in [-0.2, -0.15) is 5.10 Å². The number of carbonyl (C=O) groups is 1. The Labute approximate surface area is 175 Å². The number of nitrogens with zero attached hydrogens (tertiary/aromatic N) is 2. The third-order valence-corrected chi connectivity index (χ3v) is 5.50. The molecule has 1 aromatic heterocycles. The van der Waals surface area contributed by atoms with Gasteiger partial charge in [0.25, 0.3) is 0 Å². The molecular weight excluding hydrogens is 402 g/mol. The summed E-state index contributed by atoms with van der Waals surface area (Å²) in [5.41, 5.74) is 3.95. The van der Waals surface area contributed by atoms with E-state index in [1.165, 1.54) is 11.3 Å². The summed E-state index contributed by atoms with van der Waals surface area (Å²) in [7, 11) is -3.40. The fourth-order valence-corrected chi connectivity index (χ4v) is 4.12. The number of rotatable bonds is 5. The van der Waals surface area contributed by atoms with Gasteiger partial charge in [0.05, 0.1) is 24.3 Å². The molecule has 0 spiro atoms. The van der Waals surface area contributed by atoms with Crippen LogP contribution in [-0.2, 0) is 10.0 Å². The summed E-state index contributed by atoms with van der Waals surface area (Å²) in [6, 6.07) is 17.9. The maximum atomic E-state index is 13.1. The number of hydrogen-bond donors (Lipinski definition) is 1. The van der Waals surface area contributed by atoms with E-state index in [2.05, 4.69) is 9.82 Å². The first kappa shape index (κ1) is 19.9. The normalized spacial score (nSPS) is 16.4. The minimum absolute atomic E-state index is 0.214. The highest BCUT2D eigenvalue weighted by Gasteiger charge is 2.35. The van der Waals surface area contributed by atoms with Crippen LogP contribution in [0.2, 0.25) is 0 Å². The number of hydrogen-bond acceptors (Lipinski definition) is 5. The van der Waals surface area contributed by atoms with Crippen LogP contribution in [0.25, 0.3) is 0 Å². The molecule has 8 heteroatoms. The lowest BCUT2D eigenvalue weighted by molar-refractivity contribution is 0.0678. The predicted octanol–water partition coefficient (Wildman–Crippen LogP) is 3.95. The van der Waals surface area contributed by atoms with Crippen molar-refractivity contribution in [2.24, 2.45) is 5.10 Å². The van der Waals surface area contributed by atoms with Gasteiger partial charge in [0.2, 0.25) is 10.0 Å². The Bertz CT molecular complexity index is 1220. The Morgan fingerprint density at radius 3 is 2.63 bits per heavy atom. The molecule has 2 aromatic carbocycles. The van der Waals surface area contributed by atoms with E-state index >= 15 is 0 Å². The molecule has 0 radical (unpaired) electrons. The van der Waals surface area contributed by atoms with Gasteiger partial charge in [-0.25, -0.2) is 13.4 Å². The summed E-state index contributed by atoms with van der Waals surface area (Å²) >= 11 is 0. The van der Waals surface area contributed by atoms with E-state index in [1.54, 1.807) is 30.3 Å². The molecule has 3 aromatic rings. The molecule has 0 saturated carbocycles. The molecule has 0 unspecified atom stereocenters. The van der Waals surface area contributed by atoms with Crippen molar-refractivity contribution >= 4 is 27.3 Å². The van der Waals surface area contributed by atoms with Crippen LogP contribution in [0.1, 0.15) is 39.7 Å². The first-order valence-electron chi connectivity index (χ1n) is 9.40. The lowest BCUT2D eigenvalue weighted by Crippen LogP contribution is -2.27. The summed E-state index contributed by atoms with van der Waals surface area (Å²) < 4.78 is 30.9. The van der Waals surface area contributed by atoms with Gasteiger partial charge in [0, 0.05) is 12.1 Å². The first-order chi connectivity index (χ1) is 14.3. The fraction of sp³-hybridized carbons (Fsp3) is 0.182. The van der Waals surface area contributed by atoms with E-state index in [1.807, 2.05) is 37.3 Å². The van der Waals surface area contributed by atoms with Crippen molar-refractivity contribution < 1.29 is 17.6 Å². The Kier molecular flexibility index (Phi) is 5.17. The Hall–Kier alpha value is -3.39. The molecule has 1 aliphatic heterocycles. The molecule has 0 aliphatic carbocycles. The van der Waals surface area contributed by atoms with Crippen LogP contribution in [0.15, 0.2) is 76.4 Å². The quantitative estimate of drug-likeness (QED) is 0.673. The highest BCUT2D eigenvalue weighted by atomic mass is 32.2. The number of sulfonamides is 1. The Morgan fingerprint density at radius 1 is 1.13 bits per heavy atom. The monoisotopic (exact) mass is 423 g/mol. The summed E-state index contributed by atoms with van der Waals surface area (Å²) in [4.78, 5) is 13.1. The summed E-state index contributed by atoms with van der Waals surface area (Å²) in [5.74, 6) is -0.111. The average Bonchev–Trinajstić information content (AvgIpc) is 3.37. The fourth-order valence-electron chi connectivity index (χ4n) is 3.56. The lowest BCUT2D eigenvalue weighted by Gasteiger charge is -2.22. The molecule has 2 heterocycles. The molecule has 4 rings (SSSR count). The molecule has 1 aliphatic rings. The minimum Gasteiger partial charge on any atom is -0.459 e. The first-order valence-corrected chi connectivity index (χ1v) is 11.3. The van der Waals surface area contributed by atoms with Crippen LogP contribution in [-0.4, -0.2) is 31.3 Å². The molecular formula is C22H21N3O4S. The maximum Gasteiger partial charge on any atom is 0.310 e. The van der Waals surface area contributed by atoms with Gasteiger partial charge in [0.1, 0.15) is 0 Å². The van der Waals surface area contributed by atoms with Crippen LogP contribution in [0.4, 0.5) is 5.69 Å². The summed E-state index contributed by atoms with van der Waals surface area (Å²) in [6.07, 6.45) is 3.06. The minimum atomic E-state index is -3.40. The van der Waals surface area contributed by atoms with Crippen LogP contribution < -0.4 is 4.72 Å². The van der Waals surface area contributed by atoms with Crippen molar-refractivity contribution in [3.05, 3.63) is 89.4 Å². The van der Waals surface area contributed by atoms with Crippen LogP contribution in [0, 0.1) is 6.92 Å². The van der Waals surface area contributed by atoms with Crippen molar-refractivity contribution in [3.8, 4) is 0 Å². The SMILES string of the molecule is Cc1ccccc1[C@H]1CC(c2cccc(NS(C)(=O)=O)c2)=NN1C(=O)c1ccco1. The number of benzene rings is 2. The molecule has 30 heavy (non-hydrogen) atoms. The predicted molar refractivity (Wildman–Crippen MR) is 115 cm³/mol. The lowest BCUT2D eigenvalue weighted by atomic mass is 9.95. The van der Waals surface area contributed by atoms with E-state index in [9.17, 15) is 13.2 Å². The maximum absolute atomic E-state index is 13.1. The van der Waals surface area contributed by atoms with Gasteiger partial charge in [-0.3, -0.25) is 9.52 Å². The highest BCUT2D eigenvalue weighted by Crippen LogP contribution is 2.35. The molecule has 1 N–H and O–H groups in total. The number of furan rings is 1. The number of carbonyl (C=O) groups excluding carboxylic acids is 1. The van der Waals surface area contributed by atoms with Gasteiger partial charge in [0.15, 0.2) is 5.76 Å². The number of hydrazone groups is 1. The van der Waals surface area contributed by atoms with E-state index in [0.29, 0.717) is 17.8 Å². The molecule has 1 atom stereocenters. The zero-order valence-electron chi connectivity index (χ0n) is 16.6. The summed E-state index contributed by atoms with van der Waals surface area (Å²) in [5, 5.41) is 6.07. The van der Waals surface area contributed by atoms with Gasteiger partial charge in [-0.05, 0) is 47.9 Å². The van der Waals surface area contributed by atoms with Crippen molar-refractivity contribution in [2.45, 2.75) is 19.4 Å². The van der Waals surface area contributed by atoms with Crippen molar-refractivity contribution in [1.29, 1.82) is 0 Å². The topological polar surface area (TPSA) is 92.0 Å². The zero-order chi connectivity index (χ0) is 21.3. The average molecular weight is 423 g/mol. The van der Waals surface area contributed by atoms with E-state index in [4.69, 9.17) is 4.42 Å². The molecule has 0 saturated heterocycles. The second-order valence-electron chi connectivity index (χ2n) is 7.21. The van der Waals surface area contributed by atoms with E-state index < -0.39 is 10.0 Å². The molecule has 0 fully saturated rings. The number of aryl methyl sites for hydroxylation is 1. The Balaban J connectivity index is 1.73. The second kappa shape index (κ2) is 7.79. The third-order valence-electron chi connectivity index (χ3n) is 4.90. The number of amides is 1. The van der Waals surface area contributed by atoms with Crippen molar-refractivity contribution in [1.82, 2.24) is 5.01 Å². The molecule has 7 nitrogen and oxygen atoms in total. The van der Waals surface area contributed by atoms with Gasteiger partial charge in [-0.15, -0.1) is 0 Å². The van der Waals surface area contributed by atoms with Crippen LogP contribution in [0.3, 0.4) is 0 Å². The van der Waals surface area contributed by atoms with Gasteiger partial charge in [-0.1, -0.05) is 36.4 Å². The number of nitrogens with one attached hydrogen (secondary N) is 1. The highest BCUT2D eigenvalue weighted by molar-refractivity contribution is 7.92. The van der Waals surface area contributed by atoms with E-state index in [0.717, 1.165) is 22.9 Å². The third kappa shape index (κ3) is 4.13. The van der Waals surface area contributed by atoms with Gasteiger partial charge >= 0.3 is 5.91 Å². The van der Waals surface area contributed by atoms with Crippen LogP contribution >= 0.6 is 0 Å². The number of anilines is 1. The smallest absolute Gasteiger partial charge is 0.310 e. The summed E-state index contributed by atoms with van der Waals surface area (Å²) in [6.45, 7) is 2.00.